The molecule has 7 heteroatoms. The monoisotopic (exact) mass is 527 g/mol. The van der Waals surface area contributed by atoms with Crippen LogP contribution in [-0.2, 0) is 18.5 Å². The molecule has 6 nitrogen and oxygen atoms in total. The van der Waals surface area contributed by atoms with Crippen molar-refractivity contribution in [1.82, 2.24) is 10.6 Å². The van der Waals surface area contributed by atoms with Gasteiger partial charge in [-0.15, -0.1) is 24.0 Å². The van der Waals surface area contributed by atoms with E-state index < -0.39 is 0 Å². The summed E-state index contributed by atoms with van der Waals surface area (Å²) in [6.45, 7) is 7.91. The fourth-order valence-corrected chi connectivity index (χ4v) is 2.95. The third-order valence-corrected chi connectivity index (χ3v) is 4.69. The van der Waals surface area contributed by atoms with E-state index in [1.165, 1.54) is 11.1 Å². The molecule has 0 aromatic heterocycles. The second-order valence-corrected chi connectivity index (χ2v) is 7.76. The van der Waals surface area contributed by atoms with E-state index in [2.05, 4.69) is 60.7 Å². The van der Waals surface area contributed by atoms with Crippen LogP contribution in [0.5, 0.6) is 17.2 Å². The number of halogens is 1. The summed E-state index contributed by atoms with van der Waals surface area (Å²) in [7, 11) is 6.57. The third kappa shape index (κ3) is 6.97. The number of guanidine groups is 1. The van der Waals surface area contributed by atoms with Crippen molar-refractivity contribution in [3.8, 4) is 17.2 Å². The lowest BCUT2D eigenvalue weighted by atomic mass is 9.87. The molecule has 0 heterocycles. The van der Waals surface area contributed by atoms with Gasteiger partial charge in [-0.05, 0) is 34.2 Å². The molecule has 0 amide bonds. The summed E-state index contributed by atoms with van der Waals surface area (Å²) in [5, 5.41) is 6.66. The number of hydrogen-bond acceptors (Lipinski definition) is 4. The second-order valence-electron chi connectivity index (χ2n) is 7.76. The molecule has 2 aromatic rings. The van der Waals surface area contributed by atoms with Gasteiger partial charge in [0.25, 0.3) is 0 Å². The number of nitrogens with zero attached hydrogens (tertiary/aromatic N) is 1. The van der Waals surface area contributed by atoms with E-state index in [1.807, 2.05) is 12.1 Å². The highest BCUT2D eigenvalue weighted by Crippen LogP contribution is 2.38. The molecule has 0 aliphatic carbocycles. The zero-order valence-corrected chi connectivity index (χ0v) is 21.3. The van der Waals surface area contributed by atoms with Crippen molar-refractivity contribution in [3.63, 3.8) is 0 Å². The van der Waals surface area contributed by atoms with E-state index in [9.17, 15) is 0 Å². The molecule has 0 atom stereocenters. The van der Waals surface area contributed by atoms with Gasteiger partial charge in [-0.1, -0.05) is 45.0 Å². The van der Waals surface area contributed by atoms with Crippen LogP contribution in [0.25, 0.3) is 0 Å². The molecule has 2 N–H and O–H groups in total. The zero-order chi connectivity index (χ0) is 21.4. The first-order chi connectivity index (χ1) is 13.8. The smallest absolute Gasteiger partial charge is 0.203 e. The summed E-state index contributed by atoms with van der Waals surface area (Å²) in [6.07, 6.45) is 0. The van der Waals surface area contributed by atoms with Gasteiger partial charge in [0, 0.05) is 20.1 Å². The molecule has 0 saturated heterocycles. The molecular weight excluding hydrogens is 493 g/mol. The van der Waals surface area contributed by atoms with E-state index in [-0.39, 0.29) is 29.4 Å². The van der Waals surface area contributed by atoms with E-state index >= 15 is 0 Å². The number of benzene rings is 2. The average molecular weight is 527 g/mol. The fourth-order valence-electron chi connectivity index (χ4n) is 2.95. The molecule has 166 valence electrons. The first-order valence-corrected chi connectivity index (χ1v) is 9.65. The van der Waals surface area contributed by atoms with E-state index in [0.717, 1.165) is 11.5 Å². The molecule has 30 heavy (non-hydrogen) atoms. The third-order valence-electron chi connectivity index (χ3n) is 4.69. The predicted molar refractivity (Wildman–Crippen MR) is 134 cm³/mol. The van der Waals surface area contributed by atoms with E-state index in [4.69, 9.17) is 14.2 Å². The van der Waals surface area contributed by atoms with Crippen molar-refractivity contribution in [1.29, 1.82) is 0 Å². The Hall–Kier alpha value is -2.16. The Morgan fingerprint density at radius 3 is 1.73 bits per heavy atom. The van der Waals surface area contributed by atoms with Gasteiger partial charge >= 0.3 is 0 Å². The number of hydrogen-bond donors (Lipinski definition) is 2. The van der Waals surface area contributed by atoms with Crippen LogP contribution in [0.4, 0.5) is 0 Å². The summed E-state index contributed by atoms with van der Waals surface area (Å²) in [5.41, 5.74) is 3.68. The van der Waals surface area contributed by atoms with Crippen molar-refractivity contribution in [2.75, 3.05) is 28.4 Å². The maximum atomic E-state index is 5.41. The molecule has 0 unspecified atom stereocenters. The molecule has 0 aliphatic rings. The molecule has 0 saturated carbocycles. The Morgan fingerprint density at radius 2 is 1.33 bits per heavy atom. The Balaban J connectivity index is 0.00000450. The summed E-state index contributed by atoms with van der Waals surface area (Å²) in [5.74, 6) is 2.56. The van der Waals surface area contributed by atoms with E-state index in [1.54, 1.807) is 28.4 Å². The highest BCUT2D eigenvalue weighted by atomic mass is 127. The molecule has 0 spiro atoms. The van der Waals surface area contributed by atoms with Crippen LogP contribution in [0.15, 0.2) is 41.4 Å². The van der Waals surface area contributed by atoms with Crippen LogP contribution < -0.4 is 24.8 Å². The lowest BCUT2D eigenvalue weighted by molar-refractivity contribution is 0.323. The largest absolute Gasteiger partial charge is 0.493 e. The van der Waals surface area contributed by atoms with Gasteiger partial charge in [0.1, 0.15) is 0 Å². The van der Waals surface area contributed by atoms with Crippen LogP contribution in [-0.4, -0.2) is 34.3 Å². The standard InChI is InChI=1S/C23H33N3O3.HI/c1-23(2,3)18-10-8-16(9-11-18)14-25-22(24-4)26-15-17-12-19(27-5)21(29-7)20(13-17)28-6;/h8-13H,14-15H2,1-7H3,(H2,24,25,26);1H. The van der Waals surface area contributed by atoms with Gasteiger partial charge in [0.05, 0.1) is 21.3 Å². The highest BCUT2D eigenvalue weighted by molar-refractivity contribution is 14.0. The SMILES string of the molecule is CN=C(NCc1ccc(C(C)(C)C)cc1)NCc1cc(OC)c(OC)c(OC)c1.I. The lowest BCUT2D eigenvalue weighted by Gasteiger charge is -2.19. The van der Waals surface area contributed by atoms with Crippen molar-refractivity contribution in [3.05, 3.63) is 53.1 Å². The topological polar surface area (TPSA) is 64.1 Å². The molecular formula is C23H34IN3O3. The molecule has 0 bridgehead atoms. The number of ether oxygens (including phenoxy) is 3. The molecule has 2 rings (SSSR count). The van der Waals surface area contributed by atoms with Crippen LogP contribution in [0, 0.1) is 0 Å². The average Bonchev–Trinajstić information content (AvgIpc) is 2.72. The van der Waals surface area contributed by atoms with Crippen molar-refractivity contribution in [2.45, 2.75) is 39.3 Å². The van der Waals surface area contributed by atoms with Crippen LogP contribution in [0.1, 0.15) is 37.5 Å². The first-order valence-electron chi connectivity index (χ1n) is 9.65. The van der Waals surface area contributed by atoms with Crippen molar-refractivity contribution < 1.29 is 14.2 Å². The van der Waals surface area contributed by atoms with Gasteiger partial charge in [-0.25, -0.2) is 0 Å². The number of aliphatic imine (C=N–C) groups is 1. The van der Waals surface area contributed by atoms with Crippen molar-refractivity contribution in [2.24, 2.45) is 4.99 Å². The zero-order valence-electron chi connectivity index (χ0n) is 19.0. The molecule has 0 radical (unpaired) electrons. The van der Waals surface area contributed by atoms with Crippen LogP contribution in [0.2, 0.25) is 0 Å². The van der Waals surface area contributed by atoms with Gasteiger partial charge < -0.3 is 24.8 Å². The van der Waals surface area contributed by atoms with E-state index in [0.29, 0.717) is 30.3 Å². The van der Waals surface area contributed by atoms with Crippen LogP contribution >= 0.6 is 24.0 Å². The summed E-state index contributed by atoms with van der Waals surface area (Å²) in [6, 6.07) is 12.5. The molecule has 2 aromatic carbocycles. The molecule has 0 aliphatic heterocycles. The quantitative estimate of drug-likeness (QED) is 0.316. The second kappa shape index (κ2) is 11.9. The summed E-state index contributed by atoms with van der Waals surface area (Å²) >= 11 is 0. The normalized spacial score (nSPS) is 11.4. The Kier molecular flexibility index (Phi) is 10.2. The Labute approximate surface area is 197 Å². The lowest BCUT2D eigenvalue weighted by Crippen LogP contribution is -2.36. The van der Waals surface area contributed by atoms with Gasteiger partial charge in [-0.3, -0.25) is 4.99 Å². The van der Waals surface area contributed by atoms with Gasteiger partial charge in [-0.2, -0.15) is 0 Å². The maximum Gasteiger partial charge on any atom is 0.203 e. The summed E-state index contributed by atoms with van der Waals surface area (Å²) in [4.78, 5) is 4.30. The van der Waals surface area contributed by atoms with Gasteiger partial charge in [0.2, 0.25) is 5.75 Å². The Morgan fingerprint density at radius 1 is 0.833 bits per heavy atom. The summed E-state index contributed by atoms with van der Waals surface area (Å²) < 4.78 is 16.2. The minimum Gasteiger partial charge on any atom is -0.493 e. The Bertz CT molecular complexity index is 806. The molecule has 0 fully saturated rings. The fraction of sp³-hybridized carbons (Fsp3) is 0.435. The van der Waals surface area contributed by atoms with Gasteiger partial charge in [0.15, 0.2) is 17.5 Å². The number of methoxy groups -OCH3 is 3. The number of rotatable bonds is 7. The highest BCUT2D eigenvalue weighted by Gasteiger charge is 2.14. The first kappa shape index (κ1) is 25.9. The predicted octanol–water partition coefficient (Wildman–Crippen LogP) is 4.49. The minimum atomic E-state index is 0. The van der Waals surface area contributed by atoms with Crippen LogP contribution in [0.3, 0.4) is 0 Å². The maximum absolute atomic E-state index is 5.41. The van der Waals surface area contributed by atoms with Crippen molar-refractivity contribution >= 4 is 29.9 Å². The minimum absolute atomic E-state index is 0. The number of nitrogens with one attached hydrogen (secondary N) is 2.